The number of hydrogen-bond acceptors (Lipinski definition) is 9. The van der Waals surface area contributed by atoms with Gasteiger partial charge in [0.05, 0.1) is 5.92 Å². The van der Waals surface area contributed by atoms with Crippen molar-refractivity contribution in [1.82, 2.24) is 10.2 Å². The molecule has 2 rings (SSSR count). The number of ether oxygens (including phenoxy) is 2. The van der Waals surface area contributed by atoms with E-state index in [1.807, 2.05) is 35.4 Å². The molecule has 2 heterocycles. The van der Waals surface area contributed by atoms with Gasteiger partial charge in [-0.3, -0.25) is 19.8 Å². The summed E-state index contributed by atoms with van der Waals surface area (Å²) >= 11 is 0. The van der Waals surface area contributed by atoms with E-state index in [-0.39, 0.29) is 47.9 Å². The summed E-state index contributed by atoms with van der Waals surface area (Å²) in [6.07, 6.45) is 23.3. The van der Waals surface area contributed by atoms with Gasteiger partial charge < -0.3 is 36.3 Å². The number of carboxylic acid groups (broad SMARTS) is 1. The van der Waals surface area contributed by atoms with Gasteiger partial charge in [-0.25, -0.2) is 4.79 Å². The molecule has 0 unspecified atom stereocenters. The summed E-state index contributed by atoms with van der Waals surface area (Å²) in [5.41, 5.74) is 9.98. The van der Waals surface area contributed by atoms with Crippen molar-refractivity contribution >= 4 is 57.8 Å². The molecule has 0 bridgehead atoms. The number of nitrogens with one attached hydrogen (secondary N) is 2. The van der Waals surface area contributed by atoms with Crippen LogP contribution >= 0.6 is 21.6 Å². The summed E-state index contributed by atoms with van der Waals surface area (Å²) in [5.74, 6) is 0.268. The minimum absolute atomic E-state index is 0.0509. The maximum absolute atomic E-state index is 12.9. The van der Waals surface area contributed by atoms with Gasteiger partial charge in [-0.2, -0.15) is 4.99 Å². The molecule has 7 N–H and O–H groups in total. The molecule has 2 aliphatic heterocycles. The molecule has 0 radical (unpaired) electrons. The maximum Gasteiger partial charge on any atom is 0.328 e. The van der Waals surface area contributed by atoms with E-state index < -0.39 is 12.0 Å². The number of cyclic esters (lactones) is 1. The van der Waals surface area contributed by atoms with E-state index in [1.54, 1.807) is 14.1 Å². The molecule has 2 fully saturated rings. The fourth-order valence-corrected chi connectivity index (χ4v) is 9.37. The summed E-state index contributed by atoms with van der Waals surface area (Å²) in [5, 5.41) is 18.9. The first-order valence-corrected chi connectivity index (χ1v) is 23.6. The third kappa shape index (κ3) is 28.7. The number of carboxylic acids is 1. The smallest absolute Gasteiger partial charge is 0.328 e. The van der Waals surface area contributed by atoms with Crippen LogP contribution in [0.25, 0.3) is 0 Å². The van der Waals surface area contributed by atoms with E-state index in [2.05, 4.69) is 24.2 Å². The quantitative estimate of drug-likeness (QED) is 0.0126. The molecule has 13 nitrogen and oxygen atoms in total. The highest BCUT2D eigenvalue weighted by Gasteiger charge is 2.43. The van der Waals surface area contributed by atoms with Gasteiger partial charge in [0, 0.05) is 37.9 Å². The topological polar surface area (TPSA) is 210 Å². The van der Waals surface area contributed by atoms with Crippen molar-refractivity contribution in [2.75, 3.05) is 19.8 Å². The number of aliphatic carboxylic acids is 1. The normalized spacial score (nSPS) is 18.1. The third-order valence-corrected chi connectivity index (χ3v) is 12.6. The number of hydrogen-bond donors (Lipinski definition) is 5. The zero-order valence-corrected chi connectivity index (χ0v) is 37.2. The SMILES string of the molecule is CCCCCCCCCCC[C@@H](C[C@@H]1OC(=O)[C@H]1CCCCCC)OC(=O)[C@H](CC(C)C)NC=O.CN(C)C(=N)N=C(N)N.O=C(O)CCCC[C@@H]1CCSS1. The molecule has 1 amide bonds. The number of rotatable bonds is 28. The summed E-state index contributed by atoms with van der Waals surface area (Å²) in [7, 11) is 7.30. The fourth-order valence-electron chi connectivity index (χ4n) is 6.34. The Kier molecular flexibility index (Phi) is 32.7. The zero-order valence-electron chi connectivity index (χ0n) is 35.6. The van der Waals surface area contributed by atoms with Crippen LogP contribution in [0.1, 0.15) is 169 Å². The molecular weight excluding hydrogens is 753 g/mol. The minimum atomic E-state index is -0.663. The van der Waals surface area contributed by atoms with Crippen molar-refractivity contribution in [3.63, 3.8) is 0 Å². The Morgan fingerprint density at radius 2 is 1.57 bits per heavy atom. The second-order valence-corrected chi connectivity index (χ2v) is 18.3. The Morgan fingerprint density at radius 3 is 2.05 bits per heavy atom. The van der Waals surface area contributed by atoms with Crippen LogP contribution < -0.4 is 16.8 Å². The molecule has 0 saturated carbocycles. The van der Waals surface area contributed by atoms with Gasteiger partial charge in [-0.1, -0.05) is 133 Å². The largest absolute Gasteiger partial charge is 0.481 e. The number of amides is 1. The lowest BCUT2D eigenvalue weighted by molar-refractivity contribution is -0.190. The predicted octanol–water partition coefficient (Wildman–Crippen LogP) is 8.42. The second-order valence-electron chi connectivity index (χ2n) is 15.5. The Morgan fingerprint density at radius 1 is 0.982 bits per heavy atom. The number of nitrogens with two attached hydrogens (primary N) is 2. The van der Waals surface area contributed by atoms with Gasteiger partial charge in [-0.15, -0.1) is 0 Å². The van der Waals surface area contributed by atoms with E-state index in [4.69, 9.17) is 31.5 Å². The highest BCUT2D eigenvalue weighted by Crippen LogP contribution is 2.40. The predicted molar refractivity (Wildman–Crippen MR) is 233 cm³/mol. The molecular formula is C41H78N6O7S2. The monoisotopic (exact) mass is 831 g/mol. The number of carbonyl (C=O) groups is 4. The summed E-state index contributed by atoms with van der Waals surface area (Å²) < 4.78 is 11.4. The van der Waals surface area contributed by atoms with Crippen LogP contribution in [0.4, 0.5) is 0 Å². The van der Waals surface area contributed by atoms with Crippen molar-refractivity contribution in [1.29, 1.82) is 5.41 Å². The van der Waals surface area contributed by atoms with Crippen LogP contribution in [0.15, 0.2) is 4.99 Å². The Balaban J connectivity index is 0.00000116. The van der Waals surface area contributed by atoms with E-state index in [9.17, 15) is 19.2 Å². The molecule has 5 atom stereocenters. The van der Waals surface area contributed by atoms with Crippen molar-refractivity contribution in [3.8, 4) is 0 Å². The number of nitrogens with zero attached hydrogens (tertiary/aromatic N) is 2. The Bertz CT molecular complexity index is 1100. The molecule has 0 aromatic rings. The van der Waals surface area contributed by atoms with Gasteiger partial charge in [0.25, 0.3) is 0 Å². The highest BCUT2D eigenvalue weighted by molar-refractivity contribution is 8.77. The molecule has 0 aromatic heterocycles. The van der Waals surface area contributed by atoms with Crippen LogP contribution in [0.3, 0.4) is 0 Å². The number of carbonyl (C=O) groups excluding carboxylic acids is 3. The first kappa shape index (κ1) is 53.3. The molecule has 0 aliphatic carbocycles. The van der Waals surface area contributed by atoms with Crippen molar-refractivity contribution in [2.24, 2.45) is 28.3 Å². The van der Waals surface area contributed by atoms with E-state index >= 15 is 0 Å². The first-order chi connectivity index (χ1) is 26.7. The molecule has 0 aromatic carbocycles. The average molecular weight is 831 g/mol. The van der Waals surface area contributed by atoms with Crippen molar-refractivity contribution in [2.45, 2.75) is 192 Å². The molecule has 0 spiro atoms. The zero-order chi connectivity index (χ0) is 42.1. The van der Waals surface area contributed by atoms with E-state index in [1.165, 1.54) is 81.3 Å². The van der Waals surface area contributed by atoms with Crippen LogP contribution in [0.2, 0.25) is 0 Å². The molecule has 326 valence electrons. The lowest BCUT2D eigenvalue weighted by atomic mass is 9.86. The molecule has 2 aliphatic rings. The summed E-state index contributed by atoms with van der Waals surface area (Å²) in [6.45, 7) is 8.45. The van der Waals surface area contributed by atoms with Crippen molar-refractivity contribution in [3.05, 3.63) is 0 Å². The van der Waals surface area contributed by atoms with Crippen LogP contribution in [-0.4, -0.2) is 89.6 Å². The van der Waals surface area contributed by atoms with Gasteiger partial charge in [0.1, 0.15) is 18.2 Å². The standard InChI is InChI=1S/C29H53NO5.C8H14O2S2.C4H11N5/c1-5-7-9-11-12-13-14-15-16-18-24(34-29(33)26(30-22-31)20-23(3)4)21-27-25(28(32)35-27)19-17-10-8-6-2;9-8(10)4-2-1-3-7-5-6-11-12-7;1-9(2)4(7)8-3(5)6/h22-27H,5-21H2,1-4H3,(H,30,31);7H,1-6H2,(H,9,10);1-2H3,(H5,5,6,7,8)/t24-,25-,26-,27-;7-;/m01./s1. The Hall–Kier alpha value is -2.68. The first-order valence-electron chi connectivity index (χ1n) is 21.2. The second kappa shape index (κ2) is 34.4. The number of guanidine groups is 2. The maximum atomic E-state index is 12.9. The Labute approximate surface area is 346 Å². The highest BCUT2D eigenvalue weighted by atomic mass is 33.1. The summed E-state index contributed by atoms with van der Waals surface area (Å²) in [4.78, 5) is 51.1. The van der Waals surface area contributed by atoms with Gasteiger partial charge in [0.15, 0.2) is 5.96 Å². The minimum Gasteiger partial charge on any atom is -0.481 e. The van der Waals surface area contributed by atoms with Crippen LogP contribution in [0.5, 0.6) is 0 Å². The number of unbranched alkanes of at least 4 members (excludes halogenated alkanes) is 12. The van der Waals surface area contributed by atoms with Gasteiger partial charge in [0.2, 0.25) is 12.4 Å². The molecule has 56 heavy (non-hydrogen) atoms. The lowest BCUT2D eigenvalue weighted by Gasteiger charge is -2.37. The van der Waals surface area contributed by atoms with Crippen LogP contribution in [0, 0.1) is 17.2 Å². The third-order valence-electron chi connectivity index (χ3n) is 9.61. The summed E-state index contributed by atoms with van der Waals surface area (Å²) in [6, 6.07) is -0.632. The average Bonchev–Trinajstić information content (AvgIpc) is 3.66. The number of aliphatic imine (C=N–C) groups is 1. The fraction of sp³-hybridized carbons (Fsp3) is 0.854. The molecule has 2 saturated heterocycles. The van der Waals surface area contributed by atoms with E-state index in [0.717, 1.165) is 56.6 Å². The number of esters is 2. The van der Waals surface area contributed by atoms with Crippen molar-refractivity contribution < 1.29 is 33.8 Å². The van der Waals surface area contributed by atoms with E-state index in [0.29, 0.717) is 25.7 Å². The van der Waals surface area contributed by atoms with Gasteiger partial charge >= 0.3 is 17.9 Å². The van der Waals surface area contributed by atoms with Gasteiger partial charge in [-0.05, 0) is 50.9 Å². The van der Waals surface area contributed by atoms with Crippen LogP contribution in [-0.2, 0) is 28.7 Å². The molecule has 15 heteroatoms. The lowest BCUT2D eigenvalue weighted by Crippen LogP contribution is -2.48.